The molecule has 0 N–H and O–H groups in total. The van der Waals surface area contributed by atoms with E-state index in [1.807, 2.05) is 44.2 Å². The lowest BCUT2D eigenvalue weighted by molar-refractivity contribution is 0.0777. The first-order chi connectivity index (χ1) is 16.8. The lowest BCUT2D eigenvalue weighted by atomic mass is 10.1. The second kappa shape index (κ2) is 10.2. The minimum absolute atomic E-state index is 0.0301. The molecule has 4 aromatic rings. The maximum atomic E-state index is 13.6. The van der Waals surface area contributed by atoms with Crippen LogP contribution in [0.5, 0.6) is 0 Å². The summed E-state index contributed by atoms with van der Waals surface area (Å²) in [5, 5.41) is 0.512. The van der Waals surface area contributed by atoms with Gasteiger partial charge in [0.1, 0.15) is 10.6 Å². The topological polar surface area (TPSA) is 64.3 Å². The number of halogens is 2. The Hall–Kier alpha value is -3.23. The van der Waals surface area contributed by atoms with Crippen molar-refractivity contribution in [2.75, 3.05) is 13.1 Å². The van der Waals surface area contributed by atoms with Crippen molar-refractivity contribution in [2.24, 2.45) is 0 Å². The van der Waals surface area contributed by atoms with Crippen LogP contribution in [-0.2, 0) is 13.1 Å². The number of aryl methyl sites for hydroxylation is 1. The zero-order valence-corrected chi connectivity index (χ0v) is 21.3. The first-order valence-corrected chi connectivity index (χ1v) is 12.5. The Morgan fingerprint density at radius 2 is 1.71 bits per heavy atom. The Balaban J connectivity index is 1.99. The Kier molecular flexibility index (Phi) is 7.23. The van der Waals surface area contributed by atoms with Gasteiger partial charge in [-0.25, -0.2) is 9.18 Å². The highest BCUT2D eigenvalue weighted by atomic mass is 35.5. The first-order valence-electron chi connectivity index (χ1n) is 11.3. The lowest BCUT2D eigenvalue weighted by Gasteiger charge is -2.17. The molecule has 0 aliphatic rings. The van der Waals surface area contributed by atoms with Gasteiger partial charge in [0.05, 0.1) is 23.4 Å². The van der Waals surface area contributed by atoms with Crippen molar-refractivity contribution in [2.45, 2.75) is 33.9 Å². The third kappa shape index (κ3) is 4.68. The summed E-state index contributed by atoms with van der Waals surface area (Å²) in [6.45, 7) is 6.69. The maximum absolute atomic E-state index is 13.6. The number of aromatic nitrogens is 2. The molecule has 1 amide bonds. The molecular formula is C26H25ClFN3O3S. The van der Waals surface area contributed by atoms with Crippen LogP contribution in [0.25, 0.3) is 10.2 Å². The highest BCUT2D eigenvalue weighted by Gasteiger charge is 2.25. The summed E-state index contributed by atoms with van der Waals surface area (Å²) in [7, 11) is 0. The van der Waals surface area contributed by atoms with E-state index in [1.165, 1.54) is 27.3 Å². The van der Waals surface area contributed by atoms with Crippen molar-refractivity contribution in [3.05, 3.63) is 102 Å². The van der Waals surface area contributed by atoms with Crippen LogP contribution in [0.1, 0.15) is 40.2 Å². The van der Waals surface area contributed by atoms with E-state index in [1.54, 1.807) is 11.8 Å². The van der Waals surface area contributed by atoms with E-state index in [0.717, 1.165) is 16.9 Å². The number of hydrogen-bond acceptors (Lipinski definition) is 4. The fourth-order valence-electron chi connectivity index (χ4n) is 4.12. The number of rotatable bonds is 7. The van der Waals surface area contributed by atoms with Crippen molar-refractivity contribution in [1.29, 1.82) is 0 Å². The van der Waals surface area contributed by atoms with Crippen molar-refractivity contribution in [3.8, 4) is 0 Å². The number of benzene rings is 2. The van der Waals surface area contributed by atoms with Gasteiger partial charge in [-0.15, -0.1) is 11.3 Å². The molecule has 0 unspecified atom stereocenters. The van der Waals surface area contributed by atoms with Crippen LogP contribution in [0.2, 0.25) is 5.02 Å². The third-order valence-electron chi connectivity index (χ3n) is 6.07. The fourth-order valence-corrected chi connectivity index (χ4v) is 5.61. The zero-order chi connectivity index (χ0) is 25.3. The number of fused-ring (bicyclic) bond motifs is 1. The molecule has 35 heavy (non-hydrogen) atoms. The third-order valence-corrected chi connectivity index (χ3v) is 7.72. The Labute approximate surface area is 210 Å². The molecule has 0 atom stereocenters. The van der Waals surface area contributed by atoms with Crippen molar-refractivity contribution in [1.82, 2.24) is 14.0 Å². The van der Waals surface area contributed by atoms with Crippen LogP contribution in [0, 0.1) is 12.7 Å². The van der Waals surface area contributed by atoms with Gasteiger partial charge in [0.15, 0.2) is 0 Å². The predicted octanol–water partition coefficient (Wildman–Crippen LogP) is 4.90. The normalized spacial score (nSPS) is 11.2. The van der Waals surface area contributed by atoms with Gasteiger partial charge in [-0.2, -0.15) is 0 Å². The molecule has 2 heterocycles. The van der Waals surface area contributed by atoms with Gasteiger partial charge in [-0.05, 0) is 49.6 Å². The largest absolute Gasteiger partial charge is 0.338 e. The second-order valence-corrected chi connectivity index (χ2v) is 9.60. The highest BCUT2D eigenvalue weighted by Crippen LogP contribution is 2.30. The summed E-state index contributed by atoms with van der Waals surface area (Å²) in [6, 6.07) is 13.2. The van der Waals surface area contributed by atoms with Crippen LogP contribution >= 0.6 is 22.9 Å². The number of carbonyl (C=O) groups excluding carboxylic acids is 1. The van der Waals surface area contributed by atoms with E-state index in [0.29, 0.717) is 39.3 Å². The summed E-state index contributed by atoms with van der Waals surface area (Å²) in [5.41, 5.74) is 0.916. The molecular weight excluding hydrogens is 489 g/mol. The zero-order valence-electron chi connectivity index (χ0n) is 19.7. The standard InChI is InChI=1S/C26H25ClFN3O3S/c1-4-29(5-2)24(33)22-16(3)21-23(32)30(14-17-9-7-6-8-10-17)26(34)31(25(21)35-22)15-18-11-12-19(28)13-20(18)27/h6-13H,4-5,14-15H2,1-3H3. The monoisotopic (exact) mass is 513 g/mol. The van der Waals surface area contributed by atoms with Crippen LogP contribution in [0.3, 0.4) is 0 Å². The minimum Gasteiger partial charge on any atom is -0.338 e. The van der Waals surface area contributed by atoms with Crippen molar-refractivity contribution < 1.29 is 9.18 Å². The Morgan fingerprint density at radius 1 is 1.03 bits per heavy atom. The van der Waals surface area contributed by atoms with Crippen molar-refractivity contribution in [3.63, 3.8) is 0 Å². The van der Waals surface area contributed by atoms with Gasteiger partial charge in [0.25, 0.3) is 11.5 Å². The van der Waals surface area contributed by atoms with E-state index in [-0.39, 0.29) is 24.0 Å². The van der Waals surface area contributed by atoms with Gasteiger partial charge < -0.3 is 4.90 Å². The molecule has 2 aromatic heterocycles. The van der Waals surface area contributed by atoms with Gasteiger partial charge in [-0.3, -0.25) is 18.7 Å². The summed E-state index contributed by atoms with van der Waals surface area (Å²) in [5.74, 6) is -0.661. The molecule has 0 aliphatic heterocycles. The van der Waals surface area contributed by atoms with E-state index in [4.69, 9.17) is 11.6 Å². The van der Waals surface area contributed by atoms with Crippen LogP contribution in [0.4, 0.5) is 4.39 Å². The molecule has 0 spiro atoms. The first kappa shape index (κ1) is 24.9. The predicted molar refractivity (Wildman–Crippen MR) is 138 cm³/mol. The molecule has 0 radical (unpaired) electrons. The van der Waals surface area contributed by atoms with E-state index in [9.17, 15) is 18.8 Å². The van der Waals surface area contributed by atoms with Crippen LogP contribution < -0.4 is 11.2 Å². The SMILES string of the molecule is CCN(CC)C(=O)c1sc2c(c1C)c(=O)n(Cc1ccccc1)c(=O)n2Cc1ccc(F)cc1Cl. The van der Waals surface area contributed by atoms with Gasteiger partial charge >= 0.3 is 5.69 Å². The van der Waals surface area contributed by atoms with Crippen LogP contribution in [-0.4, -0.2) is 33.0 Å². The second-order valence-electron chi connectivity index (χ2n) is 8.20. The molecule has 0 saturated carbocycles. The average Bonchev–Trinajstić information content (AvgIpc) is 3.19. The summed E-state index contributed by atoms with van der Waals surface area (Å²) >= 11 is 7.40. The molecule has 0 fully saturated rings. The molecule has 0 saturated heterocycles. The quantitative estimate of drug-likeness (QED) is 0.353. The average molecular weight is 514 g/mol. The summed E-state index contributed by atoms with van der Waals surface area (Å²) in [6.07, 6.45) is 0. The van der Waals surface area contributed by atoms with E-state index < -0.39 is 17.1 Å². The molecule has 6 nitrogen and oxygen atoms in total. The highest BCUT2D eigenvalue weighted by molar-refractivity contribution is 7.20. The van der Waals surface area contributed by atoms with Crippen LogP contribution in [0.15, 0.2) is 58.1 Å². The summed E-state index contributed by atoms with van der Waals surface area (Å²) < 4.78 is 16.3. The fraction of sp³-hybridized carbons (Fsp3) is 0.269. The number of carbonyl (C=O) groups is 1. The molecule has 0 aliphatic carbocycles. The van der Waals surface area contributed by atoms with Gasteiger partial charge in [0.2, 0.25) is 0 Å². The number of nitrogens with zero attached hydrogens (tertiary/aromatic N) is 3. The number of hydrogen-bond donors (Lipinski definition) is 0. The van der Waals surface area contributed by atoms with E-state index >= 15 is 0 Å². The van der Waals surface area contributed by atoms with Gasteiger partial charge in [-0.1, -0.05) is 48.0 Å². The van der Waals surface area contributed by atoms with Crippen molar-refractivity contribution >= 4 is 39.1 Å². The Morgan fingerprint density at radius 3 is 2.34 bits per heavy atom. The summed E-state index contributed by atoms with van der Waals surface area (Å²) in [4.78, 5) is 43.0. The smallest absolute Gasteiger partial charge is 0.332 e. The maximum Gasteiger partial charge on any atom is 0.332 e. The molecule has 0 bridgehead atoms. The number of thiophene rings is 1. The molecule has 4 rings (SSSR count). The number of amides is 1. The van der Waals surface area contributed by atoms with Gasteiger partial charge in [0, 0.05) is 18.1 Å². The molecule has 2 aromatic carbocycles. The molecule has 9 heteroatoms. The minimum atomic E-state index is -0.519. The molecule has 182 valence electrons. The van der Waals surface area contributed by atoms with E-state index in [2.05, 4.69) is 0 Å². The lowest BCUT2D eigenvalue weighted by Crippen LogP contribution is -2.40. The Bertz CT molecular complexity index is 1520.